The van der Waals surface area contributed by atoms with E-state index < -0.39 is 15.9 Å². The largest absolute Gasteiger partial charge is 0.304 e. The van der Waals surface area contributed by atoms with E-state index in [0.717, 1.165) is 11.3 Å². The first-order valence-electron chi connectivity index (χ1n) is 8.72. The molecule has 0 bridgehead atoms. The average Bonchev–Trinajstić information content (AvgIpc) is 2.96. The van der Waals surface area contributed by atoms with Crippen molar-refractivity contribution in [3.05, 3.63) is 77.2 Å². The maximum absolute atomic E-state index is 13.0. The molecule has 0 unspecified atom stereocenters. The number of sulfone groups is 1. The van der Waals surface area contributed by atoms with Gasteiger partial charge in [0.15, 0.2) is 9.84 Å². The zero-order valence-electron chi connectivity index (χ0n) is 15.0. The highest BCUT2D eigenvalue weighted by Gasteiger charge is 2.31. The molecule has 4 nitrogen and oxygen atoms in total. The average molecular weight is 369 g/mol. The van der Waals surface area contributed by atoms with Crippen LogP contribution in [0.4, 0.5) is 5.69 Å². The number of rotatable bonds is 5. The van der Waals surface area contributed by atoms with Crippen molar-refractivity contribution in [2.45, 2.75) is 32.2 Å². The van der Waals surface area contributed by atoms with Crippen LogP contribution in [-0.4, -0.2) is 26.1 Å². The molecule has 136 valence electrons. The van der Waals surface area contributed by atoms with Crippen molar-refractivity contribution >= 4 is 21.4 Å². The van der Waals surface area contributed by atoms with Crippen LogP contribution in [0.2, 0.25) is 0 Å². The summed E-state index contributed by atoms with van der Waals surface area (Å²) in [4.78, 5) is 14.6. The molecule has 0 aliphatic carbocycles. The third-order valence-corrected chi connectivity index (χ3v) is 5.93. The Labute approximate surface area is 155 Å². The molecule has 0 spiro atoms. The Hall–Kier alpha value is -2.40. The number of amides is 1. The highest BCUT2D eigenvalue weighted by atomic mass is 32.2. The zero-order chi connectivity index (χ0) is 18.7. The Kier molecular flexibility index (Phi) is 5.28. The van der Waals surface area contributed by atoms with Crippen LogP contribution in [0.5, 0.6) is 0 Å². The molecule has 5 heteroatoms. The quantitative estimate of drug-likeness (QED) is 0.808. The number of anilines is 1. The van der Waals surface area contributed by atoms with Crippen molar-refractivity contribution in [1.82, 2.24) is 0 Å². The molecule has 1 aliphatic rings. The lowest BCUT2D eigenvalue weighted by Crippen LogP contribution is -2.42. The predicted octanol–water partition coefficient (Wildman–Crippen LogP) is 3.70. The molecule has 26 heavy (non-hydrogen) atoms. The molecular weight excluding hydrogens is 346 g/mol. The summed E-state index contributed by atoms with van der Waals surface area (Å²) in [5.41, 5.74) is 2.81. The van der Waals surface area contributed by atoms with Gasteiger partial charge in [-0.1, -0.05) is 56.3 Å². The molecule has 0 N–H and O–H groups in total. The van der Waals surface area contributed by atoms with Gasteiger partial charge in [-0.2, -0.15) is 0 Å². The third kappa shape index (κ3) is 4.22. The molecule has 0 aromatic heterocycles. The standard InChI is InChI=1S/C21H23NO3S/c1-16(2)18-8-10-19(11-9-18)22(20-12-13-26(24,25)15-20)21(23)14-17-6-4-3-5-7-17/h3-13,16,20H,14-15H2,1-2H3/t20-/m1/s1. The summed E-state index contributed by atoms with van der Waals surface area (Å²) in [5, 5.41) is 1.21. The Morgan fingerprint density at radius 1 is 1.08 bits per heavy atom. The number of benzene rings is 2. The van der Waals surface area contributed by atoms with Gasteiger partial charge in [-0.05, 0) is 35.3 Å². The van der Waals surface area contributed by atoms with Crippen LogP contribution in [0.15, 0.2) is 66.1 Å². The lowest BCUT2D eigenvalue weighted by molar-refractivity contribution is -0.118. The summed E-state index contributed by atoms with van der Waals surface area (Å²) in [6.45, 7) is 4.22. The molecular formula is C21H23NO3S. The fraction of sp³-hybridized carbons (Fsp3) is 0.286. The summed E-state index contributed by atoms with van der Waals surface area (Å²) >= 11 is 0. The Morgan fingerprint density at radius 2 is 1.73 bits per heavy atom. The van der Waals surface area contributed by atoms with Crippen LogP contribution in [0, 0.1) is 0 Å². The summed E-state index contributed by atoms with van der Waals surface area (Å²) < 4.78 is 23.8. The molecule has 0 fully saturated rings. The van der Waals surface area contributed by atoms with Gasteiger partial charge < -0.3 is 4.90 Å². The second-order valence-corrected chi connectivity index (χ2v) is 8.83. The molecule has 3 rings (SSSR count). The monoisotopic (exact) mass is 369 g/mol. The van der Waals surface area contributed by atoms with Crippen LogP contribution in [0.1, 0.15) is 30.9 Å². The fourth-order valence-corrected chi connectivity index (χ4v) is 4.38. The number of hydrogen-bond acceptors (Lipinski definition) is 3. The van der Waals surface area contributed by atoms with E-state index in [2.05, 4.69) is 13.8 Å². The molecule has 1 aliphatic heterocycles. The normalized spacial score (nSPS) is 18.2. The Bertz CT molecular complexity index is 900. The second kappa shape index (κ2) is 7.46. The SMILES string of the molecule is CC(C)c1ccc(N(C(=O)Cc2ccccc2)[C@@H]2C=CS(=O)(=O)C2)cc1. The first kappa shape index (κ1) is 18.4. The van der Waals surface area contributed by atoms with E-state index in [4.69, 9.17) is 0 Å². The number of hydrogen-bond donors (Lipinski definition) is 0. The Morgan fingerprint density at radius 3 is 2.27 bits per heavy atom. The number of carbonyl (C=O) groups is 1. The van der Waals surface area contributed by atoms with Gasteiger partial charge in [-0.3, -0.25) is 4.79 Å². The second-order valence-electron chi connectivity index (χ2n) is 6.90. The number of carbonyl (C=O) groups excluding carboxylic acids is 1. The van der Waals surface area contributed by atoms with E-state index in [1.807, 2.05) is 54.6 Å². The molecule has 0 saturated carbocycles. The lowest BCUT2D eigenvalue weighted by Gasteiger charge is -2.28. The highest BCUT2D eigenvalue weighted by molar-refractivity contribution is 7.94. The summed E-state index contributed by atoms with van der Waals surface area (Å²) in [7, 11) is -3.25. The minimum Gasteiger partial charge on any atom is -0.304 e. The first-order valence-corrected chi connectivity index (χ1v) is 10.4. The Balaban J connectivity index is 1.91. The van der Waals surface area contributed by atoms with Gasteiger partial charge in [0.25, 0.3) is 0 Å². The smallest absolute Gasteiger partial charge is 0.231 e. The maximum Gasteiger partial charge on any atom is 0.231 e. The molecule has 2 aromatic carbocycles. The van der Waals surface area contributed by atoms with Crippen molar-refractivity contribution in [1.29, 1.82) is 0 Å². The van der Waals surface area contributed by atoms with E-state index in [1.165, 1.54) is 11.0 Å². The van der Waals surface area contributed by atoms with Crippen molar-refractivity contribution in [3.8, 4) is 0 Å². The number of nitrogens with zero attached hydrogens (tertiary/aromatic N) is 1. The maximum atomic E-state index is 13.0. The lowest BCUT2D eigenvalue weighted by atomic mass is 10.0. The fourth-order valence-electron chi connectivity index (χ4n) is 3.12. The molecule has 0 radical (unpaired) electrons. The highest BCUT2D eigenvalue weighted by Crippen LogP contribution is 2.26. The van der Waals surface area contributed by atoms with Crippen LogP contribution in [0.25, 0.3) is 0 Å². The first-order chi connectivity index (χ1) is 12.4. The van der Waals surface area contributed by atoms with Gasteiger partial charge in [0.05, 0.1) is 18.2 Å². The van der Waals surface area contributed by atoms with Gasteiger partial charge in [-0.15, -0.1) is 0 Å². The van der Waals surface area contributed by atoms with E-state index in [-0.39, 0.29) is 18.1 Å². The zero-order valence-corrected chi connectivity index (χ0v) is 15.8. The molecule has 1 atom stereocenters. The van der Waals surface area contributed by atoms with Crippen molar-refractivity contribution in [2.75, 3.05) is 10.7 Å². The van der Waals surface area contributed by atoms with E-state index >= 15 is 0 Å². The van der Waals surface area contributed by atoms with Crippen LogP contribution >= 0.6 is 0 Å². The molecule has 0 saturated heterocycles. The van der Waals surface area contributed by atoms with E-state index in [1.54, 1.807) is 11.0 Å². The summed E-state index contributed by atoms with van der Waals surface area (Å²) in [6, 6.07) is 16.8. The molecule has 1 heterocycles. The summed E-state index contributed by atoms with van der Waals surface area (Å²) in [6.07, 6.45) is 1.84. The third-order valence-electron chi connectivity index (χ3n) is 4.55. The topological polar surface area (TPSA) is 54.5 Å². The summed E-state index contributed by atoms with van der Waals surface area (Å²) in [5.74, 6) is 0.212. The minimum absolute atomic E-state index is 0.0700. The van der Waals surface area contributed by atoms with Gasteiger partial charge in [0.1, 0.15) is 0 Å². The van der Waals surface area contributed by atoms with Gasteiger partial charge >= 0.3 is 0 Å². The molecule has 2 aromatic rings. The van der Waals surface area contributed by atoms with E-state index in [0.29, 0.717) is 5.92 Å². The van der Waals surface area contributed by atoms with Crippen LogP contribution in [0.3, 0.4) is 0 Å². The van der Waals surface area contributed by atoms with Crippen molar-refractivity contribution < 1.29 is 13.2 Å². The van der Waals surface area contributed by atoms with Gasteiger partial charge in [-0.25, -0.2) is 8.42 Å². The van der Waals surface area contributed by atoms with Gasteiger partial charge in [0, 0.05) is 11.1 Å². The molecule has 1 amide bonds. The van der Waals surface area contributed by atoms with Crippen molar-refractivity contribution in [3.63, 3.8) is 0 Å². The van der Waals surface area contributed by atoms with E-state index in [9.17, 15) is 13.2 Å². The van der Waals surface area contributed by atoms with Crippen LogP contribution in [-0.2, 0) is 21.1 Å². The van der Waals surface area contributed by atoms with Crippen LogP contribution < -0.4 is 4.90 Å². The van der Waals surface area contributed by atoms with Gasteiger partial charge in [0.2, 0.25) is 5.91 Å². The predicted molar refractivity (Wildman–Crippen MR) is 105 cm³/mol. The van der Waals surface area contributed by atoms with Crippen molar-refractivity contribution in [2.24, 2.45) is 0 Å². The minimum atomic E-state index is -3.25.